The second kappa shape index (κ2) is 8.57. The summed E-state index contributed by atoms with van der Waals surface area (Å²) in [7, 11) is 0. The second-order valence-electron chi connectivity index (χ2n) is 7.30. The maximum atomic E-state index is 14.5. The van der Waals surface area contributed by atoms with Gasteiger partial charge in [-0.1, -0.05) is 11.8 Å². The van der Waals surface area contributed by atoms with Crippen LogP contribution >= 0.6 is 11.8 Å². The molecule has 2 aliphatic heterocycles. The smallest absolute Gasteiger partial charge is 0.275 e. The number of carbonyl (C=O) groups is 1. The zero-order valence-corrected chi connectivity index (χ0v) is 17.2. The van der Waals surface area contributed by atoms with E-state index >= 15 is 0 Å². The summed E-state index contributed by atoms with van der Waals surface area (Å²) in [5.74, 6) is 0.222. The molecule has 0 spiro atoms. The van der Waals surface area contributed by atoms with Gasteiger partial charge < -0.3 is 20.5 Å². The van der Waals surface area contributed by atoms with Gasteiger partial charge in [0.1, 0.15) is 18.1 Å². The average Bonchev–Trinajstić information content (AvgIpc) is 2.68. The SMILES string of the molecule is C[C@@]1(c2cc(NC(=O)c3cnc(OCC4CCO4)cn3)ccc2F)CCSC(N)=N1. The largest absolute Gasteiger partial charge is 0.474 e. The summed E-state index contributed by atoms with van der Waals surface area (Å²) in [5.41, 5.74) is 6.01. The van der Waals surface area contributed by atoms with Gasteiger partial charge >= 0.3 is 0 Å². The first-order valence-electron chi connectivity index (χ1n) is 9.59. The highest BCUT2D eigenvalue weighted by atomic mass is 32.2. The summed E-state index contributed by atoms with van der Waals surface area (Å²) < 4.78 is 25.3. The van der Waals surface area contributed by atoms with Crippen molar-refractivity contribution in [1.82, 2.24) is 9.97 Å². The fourth-order valence-corrected chi connectivity index (χ4v) is 4.17. The van der Waals surface area contributed by atoms with Gasteiger partial charge in [-0.25, -0.2) is 14.4 Å². The molecule has 8 nitrogen and oxygen atoms in total. The third kappa shape index (κ3) is 4.54. The number of nitrogens with one attached hydrogen (secondary N) is 1. The number of carbonyl (C=O) groups excluding carboxylic acids is 1. The molecule has 30 heavy (non-hydrogen) atoms. The first kappa shape index (κ1) is 20.5. The van der Waals surface area contributed by atoms with Crippen LogP contribution in [0.4, 0.5) is 10.1 Å². The number of amidine groups is 1. The van der Waals surface area contributed by atoms with Crippen LogP contribution < -0.4 is 15.8 Å². The molecule has 0 radical (unpaired) electrons. The van der Waals surface area contributed by atoms with E-state index in [4.69, 9.17) is 15.2 Å². The van der Waals surface area contributed by atoms with Crippen LogP contribution in [0.5, 0.6) is 5.88 Å². The number of aliphatic imine (C=N–C) groups is 1. The third-order valence-corrected chi connectivity index (χ3v) is 5.87. The summed E-state index contributed by atoms with van der Waals surface area (Å²) in [4.78, 5) is 25.2. The maximum Gasteiger partial charge on any atom is 0.275 e. The van der Waals surface area contributed by atoms with Crippen molar-refractivity contribution in [2.24, 2.45) is 10.7 Å². The molecule has 2 aromatic rings. The molecule has 1 aromatic heterocycles. The lowest BCUT2D eigenvalue weighted by Gasteiger charge is -2.30. The first-order chi connectivity index (χ1) is 14.4. The van der Waals surface area contributed by atoms with Gasteiger partial charge in [-0.05, 0) is 31.5 Å². The molecule has 0 saturated carbocycles. The second-order valence-corrected chi connectivity index (χ2v) is 8.42. The Kier molecular flexibility index (Phi) is 5.87. The minimum absolute atomic E-state index is 0.0896. The van der Waals surface area contributed by atoms with E-state index in [1.165, 1.54) is 36.3 Å². The number of thioether (sulfide) groups is 1. The predicted octanol–water partition coefficient (Wildman–Crippen LogP) is 2.70. The van der Waals surface area contributed by atoms with Crippen molar-refractivity contribution >= 4 is 28.5 Å². The van der Waals surface area contributed by atoms with E-state index in [1.807, 2.05) is 6.92 Å². The number of rotatable bonds is 6. The molecule has 0 aliphatic carbocycles. The Hall–Kier alpha value is -2.72. The van der Waals surface area contributed by atoms with E-state index in [9.17, 15) is 9.18 Å². The number of hydrogen-bond donors (Lipinski definition) is 2. The van der Waals surface area contributed by atoms with E-state index in [-0.39, 0.29) is 11.8 Å². The molecule has 3 N–H and O–H groups in total. The van der Waals surface area contributed by atoms with Gasteiger partial charge in [0.05, 0.1) is 24.0 Å². The normalized spacial score (nSPS) is 23.3. The highest BCUT2D eigenvalue weighted by Crippen LogP contribution is 2.37. The van der Waals surface area contributed by atoms with Crippen LogP contribution in [0, 0.1) is 5.82 Å². The van der Waals surface area contributed by atoms with Crippen molar-refractivity contribution < 1.29 is 18.7 Å². The monoisotopic (exact) mass is 431 g/mol. The third-order valence-electron chi connectivity index (χ3n) is 5.07. The highest BCUT2D eigenvalue weighted by molar-refractivity contribution is 8.13. The van der Waals surface area contributed by atoms with E-state index in [2.05, 4.69) is 20.3 Å². The van der Waals surface area contributed by atoms with Crippen molar-refractivity contribution in [3.8, 4) is 5.88 Å². The molecule has 2 aliphatic rings. The van der Waals surface area contributed by atoms with E-state index in [1.54, 1.807) is 6.07 Å². The highest BCUT2D eigenvalue weighted by Gasteiger charge is 2.32. The lowest BCUT2D eigenvalue weighted by atomic mass is 9.89. The van der Waals surface area contributed by atoms with Crippen LogP contribution in [0.3, 0.4) is 0 Å². The average molecular weight is 431 g/mol. The first-order valence-corrected chi connectivity index (χ1v) is 10.6. The Morgan fingerprint density at radius 2 is 2.27 bits per heavy atom. The van der Waals surface area contributed by atoms with Crippen molar-refractivity contribution in [3.63, 3.8) is 0 Å². The van der Waals surface area contributed by atoms with Gasteiger partial charge in [-0.3, -0.25) is 9.79 Å². The van der Waals surface area contributed by atoms with Crippen LogP contribution in [0.1, 0.15) is 35.8 Å². The number of ether oxygens (including phenoxy) is 2. The fraction of sp³-hybridized carbons (Fsp3) is 0.400. The molecule has 1 saturated heterocycles. The van der Waals surface area contributed by atoms with Crippen LogP contribution in [0.25, 0.3) is 0 Å². The van der Waals surface area contributed by atoms with Crippen molar-refractivity contribution in [1.29, 1.82) is 0 Å². The Bertz CT molecular complexity index is 967. The van der Waals surface area contributed by atoms with Crippen LogP contribution in [-0.2, 0) is 10.3 Å². The molecule has 4 rings (SSSR count). The number of halogens is 1. The van der Waals surface area contributed by atoms with Crippen molar-refractivity contribution in [2.75, 3.05) is 24.3 Å². The van der Waals surface area contributed by atoms with Crippen LogP contribution in [-0.4, -0.2) is 46.1 Å². The summed E-state index contributed by atoms with van der Waals surface area (Å²) in [5, 5.41) is 3.16. The topological polar surface area (TPSA) is 112 Å². The molecule has 1 aromatic carbocycles. The van der Waals surface area contributed by atoms with Crippen molar-refractivity contribution in [2.45, 2.75) is 31.4 Å². The minimum atomic E-state index is -0.775. The zero-order valence-electron chi connectivity index (χ0n) is 16.4. The van der Waals surface area contributed by atoms with Gasteiger partial charge in [0.15, 0.2) is 5.17 Å². The number of hydrogen-bond acceptors (Lipinski definition) is 8. The Morgan fingerprint density at radius 3 is 2.93 bits per heavy atom. The Balaban J connectivity index is 1.45. The van der Waals surface area contributed by atoms with E-state index in [0.717, 1.165) is 18.8 Å². The molecule has 1 fully saturated rings. The van der Waals surface area contributed by atoms with Crippen LogP contribution in [0.15, 0.2) is 35.6 Å². The fourth-order valence-electron chi connectivity index (χ4n) is 3.19. The number of amides is 1. The van der Waals surface area contributed by atoms with Gasteiger partial charge in [0.25, 0.3) is 5.91 Å². The molecule has 2 atom stereocenters. The minimum Gasteiger partial charge on any atom is -0.474 e. The molecular weight excluding hydrogens is 409 g/mol. The number of nitrogens with two attached hydrogens (primary N) is 1. The molecule has 10 heteroatoms. The van der Waals surface area contributed by atoms with Crippen LogP contribution in [0.2, 0.25) is 0 Å². The lowest BCUT2D eigenvalue weighted by molar-refractivity contribution is -0.0727. The molecule has 3 heterocycles. The number of benzene rings is 1. The van der Waals surface area contributed by atoms with Gasteiger partial charge in [-0.2, -0.15) is 0 Å². The quantitative estimate of drug-likeness (QED) is 0.723. The maximum absolute atomic E-state index is 14.5. The molecule has 1 amide bonds. The number of aromatic nitrogens is 2. The summed E-state index contributed by atoms with van der Waals surface area (Å²) >= 11 is 1.45. The van der Waals surface area contributed by atoms with Gasteiger partial charge in [-0.15, -0.1) is 0 Å². The number of nitrogens with zero attached hydrogens (tertiary/aromatic N) is 3. The number of anilines is 1. The van der Waals surface area contributed by atoms with Gasteiger partial charge in [0, 0.05) is 30.0 Å². The molecule has 1 unspecified atom stereocenters. The zero-order chi connectivity index (χ0) is 21.1. The Morgan fingerprint density at radius 1 is 1.43 bits per heavy atom. The summed E-state index contributed by atoms with van der Waals surface area (Å²) in [6.45, 7) is 2.99. The molecular formula is C20H22FN5O3S. The predicted molar refractivity (Wildman–Crippen MR) is 112 cm³/mol. The van der Waals surface area contributed by atoms with Crippen molar-refractivity contribution in [3.05, 3.63) is 47.7 Å². The van der Waals surface area contributed by atoms with E-state index < -0.39 is 17.3 Å². The molecule has 158 valence electrons. The Labute approximate surface area is 177 Å². The standard InChI is InChI=1S/C20H22FN5O3S/c1-20(5-7-30-19(22)26-20)14-8-12(2-3-15(14)21)25-18(27)16-9-24-17(10-23-16)29-11-13-4-6-28-13/h2-3,8-10,13H,4-7,11H2,1H3,(H2,22,26)(H,25,27)/t13?,20-/m0/s1. The van der Waals surface area contributed by atoms with E-state index in [0.29, 0.717) is 35.3 Å². The molecule has 0 bridgehead atoms. The lowest BCUT2D eigenvalue weighted by Crippen LogP contribution is -2.32. The van der Waals surface area contributed by atoms with Gasteiger partial charge in [0.2, 0.25) is 5.88 Å². The summed E-state index contributed by atoms with van der Waals surface area (Å²) in [6.07, 6.45) is 4.42. The summed E-state index contributed by atoms with van der Waals surface area (Å²) in [6, 6.07) is 4.40.